The normalized spacial score (nSPS) is 43.4. The molecule has 0 aromatic carbocycles. The summed E-state index contributed by atoms with van der Waals surface area (Å²) in [6.07, 6.45) is 0.525. The van der Waals surface area contributed by atoms with Crippen molar-refractivity contribution in [2.45, 2.75) is 56.8 Å². The molecule has 2 nitrogen and oxygen atoms in total. The Morgan fingerprint density at radius 3 is 2.00 bits per heavy atom. The second-order valence-electron chi connectivity index (χ2n) is 6.50. The highest BCUT2D eigenvalue weighted by Crippen LogP contribution is 2.38. The van der Waals surface area contributed by atoms with Crippen molar-refractivity contribution >= 4 is 0 Å². The van der Waals surface area contributed by atoms with Crippen molar-refractivity contribution in [3.05, 3.63) is 0 Å². The molecule has 0 spiro atoms. The average Bonchev–Trinajstić information content (AvgIpc) is 2.40. The fourth-order valence-corrected chi connectivity index (χ4v) is 4.04. The minimum atomic E-state index is -3.99. The maximum absolute atomic E-state index is 12.6. The van der Waals surface area contributed by atoms with Gasteiger partial charge in [-0.1, -0.05) is 0 Å². The molecule has 3 aliphatic heterocycles. The molecule has 1 aliphatic carbocycles. The van der Waals surface area contributed by atoms with Crippen LogP contribution in [0, 0.1) is 11.8 Å². The number of nitrogens with one attached hydrogen (secondary N) is 1. The van der Waals surface area contributed by atoms with Crippen LogP contribution in [0.15, 0.2) is 0 Å². The zero-order valence-corrected chi connectivity index (χ0v) is 11.3. The first-order chi connectivity index (χ1) is 9.02. The molecule has 3 heterocycles. The summed E-state index contributed by atoms with van der Waals surface area (Å²) >= 11 is 0. The predicted molar refractivity (Wildman–Crippen MR) is 67.9 cm³/mol. The molecule has 4 fully saturated rings. The van der Waals surface area contributed by atoms with Gasteiger partial charge in [-0.25, -0.2) is 0 Å². The fraction of sp³-hybridized carbons (Fsp3) is 1.00. The average molecular weight is 276 g/mol. The van der Waals surface area contributed by atoms with E-state index < -0.39 is 12.1 Å². The van der Waals surface area contributed by atoms with Crippen molar-refractivity contribution in [1.29, 1.82) is 0 Å². The van der Waals surface area contributed by atoms with E-state index in [1.165, 1.54) is 25.9 Å². The smallest absolute Gasteiger partial charge is 0.310 e. The van der Waals surface area contributed by atoms with E-state index in [-0.39, 0.29) is 0 Å². The number of nitrogens with zero attached hydrogens (tertiary/aromatic N) is 1. The van der Waals surface area contributed by atoms with Crippen LogP contribution in [0.4, 0.5) is 13.2 Å². The summed E-state index contributed by atoms with van der Waals surface area (Å²) < 4.78 is 37.9. The van der Waals surface area contributed by atoms with Gasteiger partial charge in [0, 0.05) is 18.6 Å². The zero-order chi connectivity index (χ0) is 13.5. The lowest BCUT2D eigenvalue weighted by molar-refractivity contribution is -0.183. The van der Waals surface area contributed by atoms with Crippen molar-refractivity contribution in [1.82, 2.24) is 10.2 Å². The van der Waals surface area contributed by atoms with Gasteiger partial charge < -0.3 is 10.2 Å². The second kappa shape index (κ2) is 5.24. The third-order valence-electron chi connectivity index (χ3n) is 5.30. The summed E-state index contributed by atoms with van der Waals surface area (Å²) in [5, 5.41) is 3.65. The number of halogens is 3. The van der Waals surface area contributed by atoms with Crippen molar-refractivity contribution in [3.63, 3.8) is 0 Å². The van der Waals surface area contributed by atoms with Gasteiger partial charge in [0.2, 0.25) is 0 Å². The Bertz CT molecular complexity index is 302. The monoisotopic (exact) mass is 276 g/mol. The van der Waals surface area contributed by atoms with Gasteiger partial charge in [0.1, 0.15) is 0 Å². The van der Waals surface area contributed by atoms with Crippen LogP contribution in [0.1, 0.15) is 38.5 Å². The Kier molecular flexibility index (Phi) is 3.78. The molecule has 4 rings (SSSR count). The van der Waals surface area contributed by atoms with Crippen LogP contribution < -0.4 is 5.32 Å². The van der Waals surface area contributed by atoms with E-state index in [9.17, 15) is 13.2 Å². The number of hydrogen-bond acceptors (Lipinski definition) is 2. The Hall–Kier alpha value is -0.290. The van der Waals surface area contributed by atoms with Crippen molar-refractivity contribution in [2.24, 2.45) is 11.8 Å². The molecule has 110 valence electrons. The summed E-state index contributed by atoms with van der Waals surface area (Å²) in [6, 6.07) is 0.832. The summed E-state index contributed by atoms with van der Waals surface area (Å²) in [5.74, 6) is -0.303. The lowest BCUT2D eigenvalue weighted by atomic mass is 9.81. The molecule has 19 heavy (non-hydrogen) atoms. The molecule has 2 bridgehead atoms. The largest absolute Gasteiger partial charge is 0.391 e. The molecule has 1 saturated carbocycles. The number of piperidine rings is 3. The molecular weight excluding hydrogens is 253 g/mol. The van der Waals surface area contributed by atoms with Gasteiger partial charge in [0.25, 0.3) is 0 Å². The van der Waals surface area contributed by atoms with E-state index in [2.05, 4.69) is 10.2 Å². The predicted octanol–water partition coefficient (Wildman–Crippen LogP) is 2.79. The minimum Gasteiger partial charge on any atom is -0.310 e. The molecule has 0 radical (unpaired) electrons. The van der Waals surface area contributed by atoms with Crippen LogP contribution in [0.3, 0.4) is 0 Å². The highest BCUT2D eigenvalue weighted by molar-refractivity contribution is 4.93. The quantitative estimate of drug-likeness (QED) is 0.834. The standard InChI is InChI=1S/C14H23F3N2/c15-14(16,17)11-1-3-12(4-2-11)18-13-9-19-7-5-10(13)6-8-19/h10-13,18H,1-9H2. The van der Waals surface area contributed by atoms with Crippen LogP contribution >= 0.6 is 0 Å². The lowest BCUT2D eigenvalue weighted by Gasteiger charge is -2.47. The van der Waals surface area contributed by atoms with Crippen molar-refractivity contribution in [3.8, 4) is 0 Å². The highest BCUT2D eigenvalue weighted by Gasteiger charge is 2.42. The van der Waals surface area contributed by atoms with E-state index in [1.54, 1.807) is 0 Å². The molecule has 5 heteroatoms. The fourth-order valence-electron chi connectivity index (χ4n) is 4.04. The summed E-state index contributed by atoms with van der Waals surface area (Å²) in [7, 11) is 0. The summed E-state index contributed by atoms with van der Waals surface area (Å²) in [4.78, 5) is 2.49. The first-order valence-corrected chi connectivity index (χ1v) is 7.57. The number of fused-ring (bicyclic) bond motifs is 3. The molecule has 1 N–H and O–H groups in total. The number of hydrogen-bond donors (Lipinski definition) is 1. The Morgan fingerprint density at radius 2 is 1.53 bits per heavy atom. The summed E-state index contributed by atoms with van der Waals surface area (Å²) in [6.45, 7) is 3.52. The lowest BCUT2D eigenvalue weighted by Crippen LogP contribution is -2.58. The van der Waals surface area contributed by atoms with Crippen LogP contribution in [-0.4, -0.2) is 42.8 Å². The molecule has 4 aliphatic rings. The second-order valence-corrected chi connectivity index (χ2v) is 6.50. The first kappa shape index (κ1) is 13.7. The molecule has 3 saturated heterocycles. The third kappa shape index (κ3) is 3.07. The Morgan fingerprint density at radius 1 is 0.895 bits per heavy atom. The molecule has 0 aromatic heterocycles. The van der Waals surface area contributed by atoms with E-state index in [0.717, 1.165) is 12.5 Å². The third-order valence-corrected chi connectivity index (χ3v) is 5.30. The van der Waals surface area contributed by atoms with Gasteiger partial charge >= 0.3 is 6.18 Å². The van der Waals surface area contributed by atoms with E-state index in [1.807, 2.05) is 0 Å². The highest BCUT2D eigenvalue weighted by atomic mass is 19.4. The Balaban J connectivity index is 1.47. The maximum atomic E-state index is 12.6. The summed E-state index contributed by atoms with van der Waals surface area (Å²) in [5.41, 5.74) is 0. The first-order valence-electron chi connectivity index (χ1n) is 7.57. The molecule has 0 aromatic rings. The van der Waals surface area contributed by atoms with Crippen LogP contribution in [0.2, 0.25) is 0 Å². The van der Waals surface area contributed by atoms with Gasteiger partial charge in [-0.3, -0.25) is 0 Å². The topological polar surface area (TPSA) is 15.3 Å². The SMILES string of the molecule is FC(F)(F)C1CCC(NC2CN3CCC2CC3)CC1. The number of rotatable bonds is 2. The molecular formula is C14H23F3N2. The number of alkyl halides is 3. The van der Waals surface area contributed by atoms with E-state index >= 15 is 0 Å². The van der Waals surface area contributed by atoms with Crippen molar-refractivity contribution in [2.75, 3.05) is 19.6 Å². The van der Waals surface area contributed by atoms with Crippen LogP contribution in [-0.2, 0) is 0 Å². The van der Waals surface area contributed by atoms with Gasteiger partial charge in [-0.05, 0) is 57.5 Å². The Labute approximate surface area is 112 Å². The van der Waals surface area contributed by atoms with Gasteiger partial charge in [-0.15, -0.1) is 0 Å². The van der Waals surface area contributed by atoms with Gasteiger partial charge in [-0.2, -0.15) is 13.2 Å². The van der Waals surface area contributed by atoms with Gasteiger partial charge in [0.05, 0.1) is 5.92 Å². The van der Waals surface area contributed by atoms with E-state index in [0.29, 0.717) is 37.8 Å². The zero-order valence-electron chi connectivity index (χ0n) is 11.3. The van der Waals surface area contributed by atoms with Crippen LogP contribution in [0.25, 0.3) is 0 Å². The van der Waals surface area contributed by atoms with E-state index in [4.69, 9.17) is 0 Å². The molecule has 0 amide bonds. The minimum absolute atomic E-state index is 0.308. The maximum Gasteiger partial charge on any atom is 0.391 e. The van der Waals surface area contributed by atoms with Crippen LogP contribution in [0.5, 0.6) is 0 Å². The van der Waals surface area contributed by atoms with Crippen molar-refractivity contribution < 1.29 is 13.2 Å². The molecule has 1 atom stereocenters. The molecule has 1 unspecified atom stereocenters. The van der Waals surface area contributed by atoms with Gasteiger partial charge in [0.15, 0.2) is 0 Å².